The smallest absolute Gasteiger partial charge is 0.250 e. The topological polar surface area (TPSA) is 72.3 Å². The lowest BCUT2D eigenvalue weighted by Crippen LogP contribution is -2.57. The van der Waals surface area contributed by atoms with Crippen molar-refractivity contribution in [2.24, 2.45) is 0 Å². The number of aromatic nitrogens is 3. The molecule has 0 unspecified atom stereocenters. The SMILES string of the molecule is Cl.Cl.O=C(N1CCC(Oc2ccccn2)CC1)C1(n2cccn2)CCNCC1. The highest BCUT2D eigenvalue weighted by molar-refractivity contribution is 5.86. The monoisotopic (exact) mass is 427 g/mol. The Bertz CT molecular complexity index is 715. The summed E-state index contributed by atoms with van der Waals surface area (Å²) < 4.78 is 7.82. The first kappa shape index (κ1) is 22.5. The molecular formula is C19H27Cl2N5O2. The number of piperidine rings is 2. The number of pyridine rings is 1. The van der Waals surface area contributed by atoms with Crippen LogP contribution < -0.4 is 10.1 Å². The number of carbonyl (C=O) groups excluding carboxylic acids is 1. The van der Waals surface area contributed by atoms with Crippen LogP contribution in [-0.4, -0.2) is 57.9 Å². The summed E-state index contributed by atoms with van der Waals surface area (Å²) in [5.74, 6) is 0.850. The first-order valence-corrected chi connectivity index (χ1v) is 9.36. The van der Waals surface area contributed by atoms with Crippen LogP contribution in [0, 0.1) is 0 Å². The van der Waals surface area contributed by atoms with Gasteiger partial charge in [0.15, 0.2) is 0 Å². The van der Waals surface area contributed by atoms with Crippen molar-refractivity contribution in [1.29, 1.82) is 0 Å². The molecule has 0 radical (unpaired) electrons. The Morgan fingerprint density at radius 1 is 1.11 bits per heavy atom. The molecule has 0 atom stereocenters. The van der Waals surface area contributed by atoms with Crippen molar-refractivity contribution >= 4 is 30.7 Å². The molecule has 154 valence electrons. The van der Waals surface area contributed by atoms with Crippen molar-refractivity contribution in [3.05, 3.63) is 42.9 Å². The predicted molar refractivity (Wildman–Crippen MR) is 111 cm³/mol. The lowest BCUT2D eigenvalue weighted by Gasteiger charge is -2.42. The molecule has 0 saturated carbocycles. The van der Waals surface area contributed by atoms with Gasteiger partial charge in [-0.25, -0.2) is 4.98 Å². The van der Waals surface area contributed by atoms with E-state index >= 15 is 0 Å². The molecule has 2 aliphatic rings. The summed E-state index contributed by atoms with van der Waals surface area (Å²) in [6, 6.07) is 7.57. The van der Waals surface area contributed by atoms with E-state index in [9.17, 15) is 4.79 Å². The number of amides is 1. The Balaban J connectivity index is 0.00000140. The van der Waals surface area contributed by atoms with Crippen molar-refractivity contribution < 1.29 is 9.53 Å². The maximum Gasteiger partial charge on any atom is 0.250 e. The fourth-order valence-electron chi connectivity index (χ4n) is 3.96. The van der Waals surface area contributed by atoms with Crippen LogP contribution in [0.25, 0.3) is 0 Å². The Morgan fingerprint density at radius 3 is 2.46 bits per heavy atom. The molecule has 2 aliphatic heterocycles. The molecule has 2 fully saturated rings. The molecule has 0 spiro atoms. The first-order chi connectivity index (χ1) is 12.8. The number of hydrogen-bond acceptors (Lipinski definition) is 5. The third kappa shape index (κ3) is 4.59. The van der Waals surface area contributed by atoms with Gasteiger partial charge in [0, 0.05) is 50.6 Å². The number of rotatable bonds is 4. The Hall–Kier alpha value is -1.83. The second-order valence-electron chi connectivity index (χ2n) is 7.01. The molecule has 2 saturated heterocycles. The molecule has 28 heavy (non-hydrogen) atoms. The van der Waals surface area contributed by atoms with Gasteiger partial charge in [-0.05, 0) is 38.1 Å². The fourth-order valence-corrected chi connectivity index (χ4v) is 3.96. The van der Waals surface area contributed by atoms with Crippen LogP contribution in [0.4, 0.5) is 0 Å². The second kappa shape index (κ2) is 10.1. The molecule has 0 aromatic carbocycles. The van der Waals surface area contributed by atoms with Crippen LogP contribution in [0.15, 0.2) is 42.9 Å². The van der Waals surface area contributed by atoms with E-state index in [0.29, 0.717) is 19.0 Å². The van der Waals surface area contributed by atoms with Crippen LogP contribution in [0.3, 0.4) is 0 Å². The summed E-state index contributed by atoms with van der Waals surface area (Å²) in [6.45, 7) is 3.11. The van der Waals surface area contributed by atoms with Gasteiger partial charge in [0.1, 0.15) is 11.6 Å². The van der Waals surface area contributed by atoms with Crippen molar-refractivity contribution in [3.63, 3.8) is 0 Å². The number of ether oxygens (including phenoxy) is 1. The number of carbonyl (C=O) groups is 1. The van der Waals surface area contributed by atoms with Gasteiger partial charge < -0.3 is 15.0 Å². The minimum absolute atomic E-state index is 0. The summed E-state index contributed by atoms with van der Waals surface area (Å²) >= 11 is 0. The van der Waals surface area contributed by atoms with Crippen LogP contribution in [0.2, 0.25) is 0 Å². The van der Waals surface area contributed by atoms with E-state index in [1.165, 1.54) is 0 Å². The third-order valence-electron chi connectivity index (χ3n) is 5.43. The zero-order chi connectivity index (χ0) is 17.8. The summed E-state index contributed by atoms with van der Waals surface area (Å²) in [4.78, 5) is 19.6. The largest absolute Gasteiger partial charge is 0.474 e. The van der Waals surface area contributed by atoms with Gasteiger partial charge in [0.2, 0.25) is 5.88 Å². The fraction of sp³-hybridized carbons (Fsp3) is 0.526. The lowest BCUT2D eigenvalue weighted by molar-refractivity contribution is -0.145. The second-order valence-corrected chi connectivity index (χ2v) is 7.01. The number of nitrogens with one attached hydrogen (secondary N) is 1. The Kier molecular flexibility index (Phi) is 8.10. The molecule has 0 aliphatic carbocycles. The van der Waals surface area contributed by atoms with Gasteiger partial charge in [-0.1, -0.05) is 6.07 Å². The van der Waals surface area contributed by atoms with Crippen molar-refractivity contribution in [2.45, 2.75) is 37.3 Å². The Labute approximate surface area is 177 Å². The average molecular weight is 428 g/mol. The molecule has 1 amide bonds. The van der Waals surface area contributed by atoms with Crippen molar-refractivity contribution in [3.8, 4) is 5.88 Å². The number of likely N-dealkylation sites (tertiary alicyclic amines) is 1. The summed E-state index contributed by atoms with van der Waals surface area (Å²) in [5.41, 5.74) is -0.552. The van der Waals surface area contributed by atoms with E-state index in [4.69, 9.17) is 4.74 Å². The summed E-state index contributed by atoms with van der Waals surface area (Å²) in [5, 5.41) is 7.76. The third-order valence-corrected chi connectivity index (χ3v) is 5.43. The van der Waals surface area contributed by atoms with Crippen molar-refractivity contribution in [1.82, 2.24) is 25.0 Å². The molecule has 4 rings (SSSR count). The lowest BCUT2D eigenvalue weighted by atomic mass is 9.86. The van der Waals surface area contributed by atoms with E-state index in [-0.39, 0.29) is 36.8 Å². The molecule has 2 aromatic heterocycles. The van der Waals surface area contributed by atoms with E-state index in [0.717, 1.165) is 38.8 Å². The minimum atomic E-state index is -0.552. The van der Waals surface area contributed by atoms with E-state index in [1.54, 1.807) is 12.4 Å². The normalized spacial score (nSPS) is 19.2. The summed E-state index contributed by atoms with van der Waals surface area (Å²) in [6.07, 6.45) is 8.73. The highest BCUT2D eigenvalue weighted by Crippen LogP contribution is 2.31. The molecule has 1 N–H and O–H groups in total. The number of nitrogens with zero attached hydrogens (tertiary/aromatic N) is 4. The molecule has 0 bridgehead atoms. The van der Waals surface area contributed by atoms with Crippen LogP contribution >= 0.6 is 24.8 Å². The maximum atomic E-state index is 13.4. The first-order valence-electron chi connectivity index (χ1n) is 9.36. The van der Waals surface area contributed by atoms with Gasteiger partial charge in [0.25, 0.3) is 5.91 Å². The number of halogens is 2. The number of hydrogen-bond donors (Lipinski definition) is 1. The molecule has 7 nitrogen and oxygen atoms in total. The zero-order valence-electron chi connectivity index (χ0n) is 15.7. The standard InChI is InChI=1S/C19H25N5O2.2ClH/c25-18(19(7-11-20-12-8-19)24-13-3-10-22-24)23-14-5-16(6-15-23)26-17-4-1-2-9-21-17;;/h1-4,9-10,13,16,20H,5-8,11-12,14-15H2;2*1H. The van der Waals surface area contributed by atoms with E-state index < -0.39 is 5.54 Å². The van der Waals surface area contributed by atoms with Gasteiger partial charge in [-0.15, -0.1) is 24.8 Å². The van der Waals surface area contributed by atoms with Crippen LogP contribution in [0.1, 0.15) is 25.7 Å². The van der Waals surface area contributed by atoms with Crippen LogP contribution in [0.5, 0.6) is 5.88 Å². The quantitative estimate of drug-likeness (QED) is 0.809. The van der Waals surface area contributed by atoms with E-state index in [2.05, 4.69) is 15.4 Å². The molecule has 9 heteroatoms. The maximum absolute atomic E-state index is 13.4. The van der Waals surface area contributed by atoms with Gasteiger partial charge in [-0.3, -0.25) is 9.48 Å². The van der Waals surface area contributed by atoms with Crippen LogP contribution in [-0.2, 0) is 10.3 Å². The van der Waals surface area contributed by atoms with Gasteiger partial charge >= 0.3 is 0 Å². The highest BCUT2D eigenvalue weighted by Gasteiger charge is 2.45. The predicted octanol–water partition coefficient (Wildman–Crippen LogP) is 2.27. The zero-order valence-corrected chi connectivity index (χ0v) is 17.3. The van der Waals surface area contributed by atoms with E-state index in [1.807, 2.05) is 40.0 Å². The minimum Gasteiger partial charge on any atom is -0.474 e. The molecule has 4 heterocycles. The van der Waals surface area contributed by atoms with Crippen molar-refractivity contribution in [2.75, 3.05) is 26.2 Å². The molecule has 2 aromatic rings. The summed E-state index contributed by atoms with van der Waals surface area (Å²) in [7, 11) is 0. The molecular weight excluding hydrogens is 401 g/mol. The Morgan fingerprint density at radius 2 is 1.86 bits per heavy atom. The highest BCUT2D eigenvalue weighted by atomic mass is 35.5. The van der Waals surface area contributed by atoms with Gasteiger partial charge in [-0.2, -0.15) is 5.10 Å². The average Bonchev–Trinajstić information content (AvgIpc) is 3.25. The van der Waals surface area contributed by atoms with Gasteiger partial charge in [0.05, 0.1) is 0 Å².